The van der Waals surface area contributed by atoms with Gasteiger partial charge in [0.25, 0.3) is 5.91 Å². The van der Waals surface area contributed by atoms with E-state index >= 15 is 0 Å². The predicted molar refractivity (Wildman–Crippen MR) is 95.0 cm³/mol. The number of pyridine rings is 1. The molecule has 0 saturated heterocycles. The molecule has 1 aromatic carbocycles. The largest absolute Gasteiger partial charge is 0.358 e. The van der Waals surface area contributed by atoms with Crippen molar-refractivity contribution in [2.24, 2.45) is 0 Å². The number of fused-ring (bicyclic) bond motifs is 1. The van der Waals surface area contributed by atoms with Crippen molar-refractivity contribution >= 4 is 5.91 Å². The Morgan fingerprint density at radius 2 is 1.92 bits per heavy atom. The fraction of sp³-hybridized carbons (Fsp3) is 0.200. The number of aromatic amines is 1. The van der Waals surface area contributed by atoms with Gasteiger partial charge in [-0.3, -0.25) is 9.78 Å². The molecule has 1 aliphatic rings. The normalized spacial score (nSPS) is 13.5. The van der Waals surface area contributed by atoms with Gasteiger partial charge in [-0.25, -0.2) is 0 Å². The van der Waals surface area contributed by atoms with Gasteiger partial charge in [-0.05, 0) is 43.7 Å². The molecule has 0 bridgehead atoms. The second-order valence-electron chi connectivity index (χ2n) is 6.33. The van der Waals surface area contributed by atoms with E-state index in [1.54, 1.807) is 0 Å². The molecular formula is C20H19N3O. The number of benzene rings is 1. The van der Waals surface area contributed by atoms with E-state index in [2.05, 4.69) is 53.4 Å². The Balaban J connectivity index is 1.78. The summed E-state index contributed by atoms with van der Waals surface area (Å²) in [5.74, 6) is 0.00237. The molecular weight excluding hydrogens is 298 g/mol. The Bertz CT molecular complexity index is 940. The van der Waals surface area contributed by atoms with Crippen molar-refractivity contribution in [2.45, 2.75) is 20.3 Å². The quantitative estimate of drug-likeness (QED) is 0.758. The first-order valence-corrected chi connectivity index (χ1v) is 8.16. The van der Waals surface area contributed by atoms with E-state index in [1.165, 1.54) is 11.1 Å². The Hall–Kier alpha value is -2.88. The van der Waals surface area contributed by atoms with Crippen LogP contribution in [-0.2, 0) is 6.42 Å². The minimum atomic E-state index is 0.00237. The van der Waals surface area contributed by atoms with E-state index in [-0.39, 0.29) is 5.91 Å². The van der Waals surface area contributed by atoms with Gasteiger partial charge < -0.3 is 10.3 Å². The molecule has 0 saturated carbocycles. The van der Waals surface area contributed by atoms with Crippen LogP contribution in [0.3, 0.4) is 0 Å². The summed E-state index contributed by atoms with van der Waals surface area (Å²) in [4.78, 5) is 19.9. The lowest BCUT2D eigenvalue weighted by molar-refractivity contribution is 0.0946. The summed E-state index contributed by atoms with van der Waals surface area (Å²) in [6.45, 7) is 4.88. The zero-order chi connectivity index (χ0) is 16.7. The van der Waals surface area contributed by atoms with Gasteiger partial charge in [0.15, 0.2) is 0 Å². The van der Waals surface area contributed by atoms with Gasteiger partial charge in [0.1, 0.15) is 0 Å². The average Bonchev–Trinajstić information content (AvgIpc) is 3.03. The van der Waals surface area contributed by atoms with E-state index in [4.69, 9.17) is 0 Å². The maximum Gasteiger partial charge on any atom is 0.253 e. The number of amides is 1. The first-order valence-electron chi connectivity index (χ1n) is 8.16. The molecule has 1 aliphatic heterocycles. The first-order chi connectivity index (χ1) is 11.6. The zero-order valence-corrected chi connectivity index (χ0v) is 13.8. The van der Waals surface area contributed by atoms with Crippen molar-refractivity contribution in [2.75, 3.05) is 6.54 Å². The lowest BCUT2D eigenvalue weighted by Crippen LogP contribution is -2.31. The van der Waals surface area contributed by atoms with Gasteiger partial charge in [0, 0.05) is 41.7 Å². The molecule has 4 heteroatoms. The summed E-state index contributed by atoms with van der Waals surface area (Å²) in [5.41, 5.74) is 8.29. The SMILES string of the molecule is Cc1ccc(C)c(-c2cc(-c3cc4c([nH]3)CCNC4=O)ccn2)c1. The van der Waals surface area contributed by atoms with Crippen LogP contribution >= 0.6 is 0 Å². The summed E-state index contributed by atoms with van der Waals surface area (Å²) in [6, 6.07) is 12.4. The van der Waals surface area contributed by atoms with E-state index < -0.39 is 0 Å². The van der Waals surface area contributed by atoms with Crippen molar-refractivity contribution < 1.29 is 4.79 Å². The van der Waals surface area contributed by atoms with Gasteiger partial charge >= 0.3 is 0 Å². The average molecular weight is 317 g/mol. The molecule has 24 heavy (non-hydrogen) atoms. The molecule has 2 N–H and O–H groups in total. The minimum Gasteiger partial charge on any atom is -0.358 e. The number of nitrogens with zero attached hydrogens (tertiary/aromatic N) is 1. The molecule has 0 spiro atoms. The molecule has 0 aliphatic carbocycles. The molecule has 3 heterocycles. The molecule has 0 atom stereocenters. The Morgan fingerprint density at radius 1 is 1.04 bits per heavy atom. The van der Waals surface area contributed by atoms with Crippen LogP contribution in [0.15, 0.2) is 42.6 Å². The van der Waals surface area contributed by atoms with Gasteiger partial charge in [-0.1, -0.05) is 17.7 Å². The van der Waals surface area contributed by atoms with E-state index in [0.717, 1.165) is 40.2 Å². The standard InChI is InChI=1S/C20H19N3O/c1-12-3-4-13(2)15(9-12)19-10-14(5-7-21-19)18-11-16-17(23-18)6-8-22-20(16)24/h3-5,7,9-11,23H,6,8H2,1-2H3,(H,22,24). The van der Waals surface area contributed by atoms with Gasteiger partial charge in [-0.2, -0.15) is 0 Å². The molecule has 0 radical (unpaired) electrons. The Labute approximate surface area is 141 Å². The van der Waals surface area contributed by atoms with E-state index in [9.17, 15) is 4.79 Å². The van der Waals surface area contributed by atoms with Crippen LogP contribution in [0.2, 0.25) is 0 Å². The van der Waals surface area contributed by atoms with Gasteiger partial charge in [0.05, 0.1) is 11.3 Å². The maximum atomic E-state index is 12.0. The molecule has 4 rings (SSSR count). The minimum absolute atomic E-state index is 0.00237. The van der Waals surface area contributed by atoms with Crippen LogP contribution in [-0.4, -0.2) is 22.4 Å². The summed E-state index contributed by atoms with van der Waals surface area (Å²) >= 11 is 0. The summed E-state index contributed by atoms with van der Waals surface area (Å²) < 4.78 is 0. The lowest BCUT2D eigenvalue weighted by Gasteiger charge is -2.11. The second-order valence-corrected chi connectivity index (χ2v) is 6.33. The second kappa shape index (κ2) is 5.64. The molecule has 0 fully saturated rings. The summed E-state index contributed by atoms with van der Waals surface area (Å²) in [7, 11) is 0. The van der Waals surface area contributed by atoms with E-state index in [1.807, 2.05) is 18.3 Å². The lowest BCUT2D eigenvalue weighted by atomic mass is 10.0. The van der Waals surface area contributed by atoms with Crippen molar-refractivity contribution in [3.05, 3.63) is 65.0 Å². The number of H-pyrrole nitrogens is 1. The highest BCUT2D eigenvalue weighted by Crippen LogP contribution is 2.28. The van der Waals surface area contributed by atoms with Gasteiger partial charge in [-0.15, -0.1) is 0 Å². The highest BCUT2D eigenvalue weighted by molar-refractivity contribution is 5.97. The van der Waals surface area contributed by atoms with Crippen LogP contribution in [0.4, 0.5) is 0 Å². The van der Waals surface area contributed by atoms with Gasteiger partial charge in [0.2, 0.25) is 0 Å². The smallest absolute Gasteiger partial charge is 0.253 e. The number of carbonyl (C=O) groups excluding carboxylic acids is 1. The Morgan fingerprint density at radius 3 is 2.75 bits per heavy atom. The van der Waals surface area contributed by atoms with E-state index in [0.29, 0.717) is 6.54 Å². The van der Waals surface area contributed by atoms with Crippen LogP contribution in [0, 0.1) is 13.8 Å². The molecule has 2 aromatic heterocycles. The number of rotatable bonds is 2. The molecule has 1 amide bonds. The van der Waals surface area contributed by atoms with Crippen molar-refractivity contribution in [1.29, 1.82) is 0 Å². The fourth-order valence-corrected chi connectivity index (χ4v) is 3.21. The third-order valence-corrected chi connectivity index (χ3v) is 4.54. The number of nitrogens with one attached hydrogen (secondary N) is 2. The van der Waals surface area contributed by atoms with Crippen molar-refractivity contribution in [3.63, 3.8) is 0 Å². The van der Waals surface area contributed by atoms with Crippen molar-refractivity contribution in [3.8, 4) is 22.5 Å². The third-order valence-electron chi connectivity index (χ3n) is 4.54. The maximum absolute atomic E-state index is 12.0. The molecule has 4 nitrogen and oxygen atoms in total. The van der Waals surface area contributed by atoms with Crippen LogP contribution in [0.1, 0.15) is 27.2 Å². The van der Waals surface area contributed by atoms with Crippen molar-refractivity contribution in [1.82, 2.24) is 15.3 Å². The topological polar surface area (TPSA) is 57.8 Å². The Kier molecular flexibility index (Phi) is 3.45. The van der Waals surface area contributed by atoms with Crippen LogP contribution in [0.5, 0.6) is 0 Å². The highest BCUT2D eigenvalue weighted by atomic mass is 16.1. The number of aryl methyl sites for hydroxylation is 2. The monoisotopic (exact) mass is 317 g/mol. The number of aromatic nitrogens is 2. The predicted octanol–water partition coefficient (Wildman–Crippen LogP) is 3.65. The highest BCUT2D eigenvalue weighted by Gasteiger charge is 2.20. The van der Waals surface area contributed by atoms with Crippen LogP contribution < -0.4 is 5.32 Å². The molecule has 3 aromatic rings. The summed E-state index contributed by atoms with van der Waals surface area (Å²) in [6.07, 6.45) is 2.67. The third kappa shape index (κ3) is 2.50. The molecule has 120 valence electrons. The number of carbonyl (C=O) groups is 1. The first kappa shape index (κ1) is 14.7. The fourth-order valence-electron chi connectivity index (χ4n) is 3.21. The number of hydrogen-bond donors (Lipinski definition) is 2. The molecule has 0 unspecified atom stereocenters. The zero-order valence-electron chi connectivity index (χ0n) is 13.8. The summed E-state index contributed by atoms with van der Waals surface area (Å²) in [5, 5.41) is 2.88. The number of hydrogen-bond acceptors (Lipinski definition) is 2. The van der Waals surface area contributed by atoms with Crippen LogP contribution in [0.25, 0.3) is 22.5 Å².